The number of para-hydroxylation sites is 2. The van der Waals surface area contributed by atoms with Crippen LogP contribution in [-0.2, 0) is 13.6 Å². The number of benzene rings is 4. The van der Waals surface area contributed by atoms with Crippen LogP contribution in [0.25, 0.3) is 33.1 Å². The Labute approximate surface area is 225 Å². The minimum absolute atomic E-state index is 1.05. The van der Waals surface area contributed by atoms with Crippen molar-refractivity contribution in [1.29, 1.82) is 0 Å². The molecule has 0 amide bonds. The Morgan fingerprint density at radius 2 is 1.26 bits per heavy atom. The van der Waals surface area contributed by atoms with Crippen molar-refractivity contribution < 1.29 is 0 Å². The Bertz CT molecular complexity index is 1620. The lowest BCUT2D eigenvalue weighted by molar-refractivity contribution is 0.602. The first kappa shape index (κ1) is 24.1. The summed E-state index contributed by atoms with van der Waals surface area (Å²) in [5.74, 6) is 0. The Morgan fingerprint density at radius 1 is 0.605 bits per heavy atom. The zero-order chi connectivity index (χ0) is 25.9. The molecule has 38 heavy (non-hydrogen) atoms. The fourth-order valence-electron chi connectivity index (χ4n) is 5.69. The van der Waals surface area contributed by atoms with Gasteiger partial charge in [-0.2, -0.15) is 0 Å². The van der Waals surface area contributed by atoms with Crippen LogP contribution < -0.4 is 4.90 Å². The quantitative estimate of drug-likeness (QED) is 0.181. The number of hydrogen-bond acceptors (Lipinski definition) is 1. The van der Waals surface area contributed by atoms with Gasteiger partial charge in [0.1, 0.15) is 0 Å². The molecular formula is C35H35N3. The predicted octanol–water partition coefficient (Wildman–Crippen LogP) is 9.85. The fraction of sp³-hybridized carbons (Fsp3) is 0.200. The van der Waals surface area contributed by atoms with Crippen molar-refractivity contribution in [1.82, 2.24) is 9.13 Å². The summed E-state index contributed by atoms with van der Waals surface area (Å²) in [6.07, 6.45) is 7.14. The van der Waals surface area contributed by atoms with Crippen LogP contribution in [0.2, 0.25) is 0 Å². The van der Waals surface area contributed by atoms with Crippen LogP contribution >= 0.6 is 0 Å². The van der Waals surface area contributed by atoms with E-state index in [9.17, 15) is 0 Å². The smallest absolute Gasteiger partial charge is 0.0492 e. The van der Waals surface area contributed by atoms with Crippen LogP contribution in [-0.4, -0.2) is 9.13 Å². The normalized spacial score (nSPS) is 11.4. The lowest BCUT2D eigenvalue weighted by Crippen LogP contribution is -2.09. The van der Waals surface area contributed by atoms with Gasteiger partial charge < -0.3 is 14.0 Å². The molecule has 2 aromatic heterocycles. The zero-order valence-electron chi connectivity index (χ0n) is 22.3. The van der Waals surface area contributed by atoms with E-state index in [2.05, 4.69) is 143 Å². The van der Waals surface area contributed by atoms with Crippen molar-refractivity contribution >= 4 is 38.9 Å². The molecule has 0 unspecified atom stereocenters. The third-order valence-corrected chi connectivity index (χ3v) is 7.61. The Kier molecular flexibility index (Phi) is 6.75. The van der Waals surface area contributed by atoms with Gasteiger partial charge in [-0.05, 0) is 78.7 Å². The van der Waals surface area contributed by atoms with Crippen LogP contribution in [0.15, 0.2) is 115 Å². The number of nitrogens with zero attached hydrogens (tertiary/aromatic N) is 3. The molecule has 0 spiro atoms. The fourth-order valence-corrected chi connectivity index (χ4v) is 5.69. The summed E-state index contributed by atoms with van der Waals surface area (Å²) in [7, 11) is 2.12. The molecule has 0 aliphatic rings. The first-order valence-electron chi connectivity index (χ1n) is 13.8. The standard InChI is InChI=1S/C35H35N3/c1-3-4-5-12-24-37-34-21-19-27(33-18-13-23-36(33)2)25-31(34)32-26-30(20-22-35(32)37)38(28-14-8-6-9-15-28)29-16-10-7-11-17-29/h6-11,13-23,25-26H,3-5,12,24H2,1-2H3. The van der Waals surface area contributed by atoms with E-state index in [0.717, 1.165) is 17.9 Å². The van der Waals surface area contributed by atoms with Crippen LogP contribution in [0.3, 0.4) is 0 Å². The summed E-state index contributed by atoms with van der Waals surface area (Å²) in [6.45, 7) is 3.32. The second-order valence-corrected chi connectivity index (χ2v) is 10.2. The van der Waals surface area contributed by atoms with Gasteiger partial charge in [-0.1, -0.05) is 68.7 Å². The van der Waals surface area contributed by atoms with E-state index in [1.54, 1.807) is 0 Å². The van der Waals surface area contributed by atoms with Crippen molar-refractivity contribution in [2.75, 3.05) is 4.90 Å². The van der Waals surface area contributed by atoms with E-state index in [0.29, 0.717) is 0 Å². The number of unbranched alkanes of at least 4 members (excludes halogenated alkanes) is 3. The zero-order valence-corrected chi connectivity index (χ0v) is 22.3. The van der Waals surface area contributed by atoms with Gasteiger partial charge in [0.2, 0.25) is 0 Å². The minimum Gasteiger partial charge on any atom is -0.351 e. The predicted molar refractivity (Wildman–Crippen MR) is 163 cm³/mol. The average Bonchev–Trinajstić information content (AvgIpc) is 3.53. The Balaban J connectivity index is 1.54. The van der Waals surface area contributed by atoms with E-state index in [-0.39, 0.29) is 0 Å². The number of aryl methyl sites for hydroxylation is 2. The molecule has 0 aliphatic heterocycles. The van der Waals surface area contributed by atoms with Gasteiger partial charge in [-0.15, -0.1) is 0 Å². The third kappa shape index (κ3) is 4.50. The summed E-state index contributed by atoms with van der Waals surface area (Å²) in [5, 5.41) is 2.62. The van der Waals surface area contributed by atoms with Gasteiger partial charge in [-0.3, -0.25) is 0 Å². The number of rotatable bonds is 9. The van der Waals surface area contributed by atoms with Gasteiger partial charge in [0.05, 0.1) is 0 Å². The highest BCUT2D eigenvalue weighted by Gasteiger charge is 2.17. The molecule has 0 bridgehead atoms. The van der Waals surface area contributed by atoms with E-state index in [1.165, 1.54) is 64.4 Å². The maximum absolute atomic E-state index is 2.54. The Morgan fingerprint density at radius 3 is 1.89 bits per heavy atom. The molecule has 0 fully saturated rings. The first-order valence-corrected chi connectivity index (χ1v) is 13.8. The highest BCUT2D eigenvalue weighted by Crippen LogP contribution is 2.39. The molecule has 6 rings (SSSR count). The highest BCUT2D eigenvalue weighted by molar-refractivity contribution is 6.10. The molecule has 0 saturated heterocycles. The van der Waals surface area contributed by atoms with E-state index >= 15 is 0 Å². The second-order valence-electron chi connectivity index (χ2n) is 10.2. The van der Waals surface area contributed by atoms with Crippen molar-refractivity contribution in [3.8, 4) is 11.3 Å². The van der Waals surface area contributed by atoms with Gasteiger partial charge >= 0.3 is 0 Å². The number of aromatic nitrogens is 2. The molecule has 0 aliphatic carbocycles. The van der Waals surface area contributed by atoms with Gasteiger partial charge in [0.25, 0.3) is 0 Å². The van der Waals surface area contributed by atoms with E-state index in [1.807, 2.05) is 0 Å². The van der Waals surface area contributed by atoms with Crippen LogP contribution in [0, 0.1) is 0 Å². The first-order chi connectivity index (χ1) is 18.7. The minimum atomic E-state index is 1.05. The number of anilines is 3. The SMILES string of the molecule is CCCCCCn1c2ccc(-c3cccn3C)cc2c2cc(N(c3ccccc3)c3ccccc3)ccc21. The molecule has 4 aromatic carbocycles. The lowest BCUT2D eigenvalue weighted by Gasteiger charge is -2.25. The molecule has 0 atom stereocenters. The summed E-state index contributed by atoms with van der Waals surface area (Å²) in [5.41, 5.74) is 8.61. The van der Waals surface area contributed by atoms with Crippen molar-refractivity contribution in [2.45, 2.75) is 39.2 Å². The molecule has 0 saturated carbocycles. The molecule has 0 radical (unpaired) electrons. The monoisotopic (exact) mass is 497 g/mol. The topological polar surface area (TPSA) is 13.1 Å². The van der Waals surface area contributed by atoms with Crippen LogP contribution in [0.5, 0.6) is 0 Å². The molecule has 0 N–H and O–H groups in total. The summed E-state index contributed by atoms with van der Waals surface area (Å²) in [6, 6.07) is 39.6. The van der Waals surface area contributed by atoms with Gasteiger partial charge in [0, 0.05) is 64.4 Å². The molecule has 3 nitrogen and oxygen atoms in total. The largest absolute Gasteiger partial charge is 0.351 e. The molecule has 2 heterocycles. The lowest BCUT2D eigenvalue weighted by atomic mass is 10.1. The third-order valence-electron chi connectivity index (χ3n) is 7.61. The van der Waals surface area contributed by atoms with Crippen molar-refractivity contribution in [2.24, 2.45) is 7.05 Å². The van der Waals surface area contributed by atoms with Gasteiger partial charge in [0.15, 0.2) is 0 Å². The summed E-state index contributed by atoms with van der Waals surface area (Å²) >= 11 is 0. The number of fused-ring (bicyclic) bond motifs is 3. The van der Waals surface area contributed by atoms with Crippen LogP contribution in [0.1, 0.15) is 32.6 Å². The van der Waals surface area contributed by atoms with Crippen molar-refractivity contribution in [3.05, 3.63) is 115 Å². The highest BCUT2D eigenvalue weighted by atomic mass is 15.1. The molecule has 3 heteroatoms. The van der Waals surface area contributed by atoms with Crippen molar-refractivity contribution in [3.63, 3.8) is 0 Å². The molecule has 6 aromatic rings. The number of hydrogen-bond donors (Lipinski definition) is 0. The van der Waals surface area contributed by atoms with Crippen LogP contribution in [0.4, 0.5) is 17.1 Å². The average molecular weight is 498 g/mol. The summed E-state index contributed by atoms with van der Waals surface area (Å²) in [4.78, 5) is 2.35. The maximum Gasteiger partial charge on any atom is 0.0492 e. The Hall–Kier alpha value is -4.24. The molecular weight excluding hydrogens is 462 g/mol. The van der Waals surface area contributed by atoms with E-state index < -0.39 is 0 Å². The maximum atomic E-state index is 2.54. The van der Waals surface area contributed by atoms with Gasteiger partial charge in [-0.25, -0.2) is 0 Å². The summed E-state index contributed by atoms with van der Waals surface area (Å²) < 4.78 is 4.73. The molecule has 190 valence electrons. The second kappa shape index (κ2) is 10.6. The van der Waals surface area contributed by atoms with E-state index in [4.69, 9.17) is 0 Å².